The van der Waals surface area contributed by atoms with E-state index in [-0.39, 0.29) is 48.3 Å². The Morgan fingerprint density at radius 1 is 0.825 bits per heavy atom. The van der Waals surface area contributed by atoms with E-state index in [1.165, 1.54) is 56.1 Å². The van der Waals surface area contributed by atoms with Crippen molar-refractivity contribution in [2.24, 2.45) is 46.3 Å². The fraction of sp³-hybridized carbons (Fsp3) is 0.941. The molecule has 4 N–H and O–H groups in total. The molecule has 0 radical (unpaired) electrons. The largest absolute Gasteiger partial charge is 1.00 e. The molecular formula is C34H62BrNO4. The number of hydrogen-bond acceptors (Lipinski definition) is 4. The molecule has 5 nitrogen and oxygen atoms in total. The van der Waals surface area contributed by atoms with Crippen molar-refractivity contribution < 1.29 is 41.9 Å². The van der Waals surface area contributed by atoms with Crippen LogP contribution in [0.5, 0.6) is 0 Å². The Labute approximate surface area is 256 Å². The van der Waals surface area contributed by atoms with Gasteiger partial charge in [0.15, 0.2) is 0 Å². The molecule has 6 heteroatoms. The van der Waals surface area contributed by atoms with Gasteiger partial charge in [0.1, 0.15) is 26.2 Å². The third-order valence-electron chi connectivity index (χ3n) is 12.7. The molecule has 0 bridgehead atoms. The molecule has 234 valence electrons. The van der Waals surface area contributed by atoms with Crippen LogP contribution in [0.4, 0.5) is 0 Å². The topological polar surface area (TPSA) is 80.9 Å². The molecule has 0 spiro atoms. The van der Waals surface area contributed by atoms with Crippen molar-refractivity contribution in [2.45, 2.75) is 111 Å². The van der Waals surface area contributed by atoms with E-state index in [9.17, 15) is 20.4 Å². The van der Waals surface area contributed by atoms with Crippen LogP contribution >= 0.6 is 0 Å². The summed E-state index contributed by atoms with van der Waals surface area (Å²) in [7, 11) is 0. The highest BCUT2D eigenvalue weighted by Gasteiger charge is 2.60. The molecule has 0 amide bonds. The van der Waals surface area contributed by atoms with Crippen molar-refractivity contribution >= 4 is 0 Å². The second-order valence-electron chi connectivity index (χ2n) is 15.3. The van der Waals surface area contributed by atoms with Gasteiger partial charge in [-0.15, -0.1) is 0 Å². The van der Waals surface area contributed by atoms with E-state index >= 15 is 0 Å². The van der Waals surface area contributed by atoms with E-state index in [0.29, 0.717) is 41.4 Å². The smallest absolute Gasteiger partial charge is 0.102 e. The van der Waals surface area contributed by atoms with Crippen LogP contribution in [0.1, 0.15) is 105 Å². The number of halogens is 1. The molecule has 0 aromatic heterocycles. The highest BCUT2D eigenvalue weighted by molar-refractivity contribution is 5.32. The lowest BCUT2D eigenvalue weighted by atomic mass is 9.46. The maximum Gasteiger partial charge on any atom is 0.102 e. The van der Waals surface area contributed by atoms with Gasteiger partial charge in [-0.25, -0.2) is 0 Å². The summed E-state index contributed by atoms with van der Waals surface area (Å²) < 4.78 is 0.545. The maximum absolute atomic E-state index is 10.8. The first-order valence-electron chi connectivity index (χ1n) is 16.6. The van der Waals surface area contributed by atoms with Crippen LogP contribution in [0.3, 0.4) is 0 Å². The number of rotatable bonds is 13. The summed E-state index contributed by atoms with van der Waals surface area (Å²) in [6.07, 6.45) is 13.1. The van der Waals surface area contributed by atoms with Crippen LogP contribution in [0.2, 0.25) is 0 Å². The second kappa shape index (κ2) is 14.2. The van der Waals surface area contributed by atoms with Crippen molar-refractivity contribution in [1.29, 1.82) is 0 Å². The number of hydrogen-bond donors (Lipinski definition) is 4. The van der Waals surface area contributed by atoms with Crippen LogP contribution in [-0.4, -0.2) is 77.0 Å². The van der Waals surface area contributed by atoms with Crippen molar-refractivity contribution in [2.75, 3.05) is 46.0 Å². The van der Waals surface area contributed by atoms with Gasteiger partial charge in [-0.1, -0.05) is 59.5 Å². The molecule has 8 atom stereocenters. The number of quaternary nitrogens is 1. The Morgan fingerprint density at radius 2 is 1.48 bits per heavy atom. The van der Waals surface area contributed by atoms with Gasteiger partial charge in [0.05, 0.1) is 25.9 Å². The van der Waals surface area contributed by atoms with Crippen LogP contribution in [-0.2, 0) is 0 Å². The second-order valence-corrected chi connectivity index (χ2v) is 15.3. The number of nitrogens with zero attached hydrogens (tertiary/aromatic N) is 1. The Balaban J connectivity index is 0.00000441. The Hall–Kier alpha value is 0.0200. The molecule has 0 aliphatic heterocycles. The maximum atomic E-state index is 10.8. The normalized spacial score (nSPS) is 36.6. The van der Waals surface area contributed by atoms with Crippen molar-refractivity contribution in [1.82, 2.24) is 0 Å². The van der Waals surface area contributed by atoms with Gasteiger partial charge < -0.3 is 41.9 Å². The zero-order valence-corrected chi connectivity index (χ0v) is 28.0. The predicted molar refractivity (Wildman–Crippen MR) is 159 cm³/mol. The molecule has 0 unspecified atom stereocenters. The lowest BCUT2D eigenvalue weighted by Crippen LogP contribution is -3.00. The fourth-order valence-corrected chi connectivity index (χ4v) is 10.7. The minimum atomic E-state index is -0.258. The zero-order chi connectivity index (χ0) is 28.4. The average Bonchev–Trinajstić information content (AvgIpc) is 3.23. The summed E-state index contributed by atoms with van der Waals surface area (Å²) >= 11 is 0. The molecule has 0 aromatic rings. The van der Waals surface area contributed by atoms with E-state index in [1.807, 2.05) is 0 Å². The number of fused-ring (bicyclic) bond motifs is 5. The lowest BCUT2D eigenvalue weighted by molar-refractivity contribution is -0.924. The first kappa shape index (κ1) is 34.5. The van der Waals surface area contributed by atoms with Crippen LogP contribution in [0.15, 0.2) is 11.1 Å². The van der Waals surface area contributed by atoms with Gasteiger partial charge in [-0.3, -0.25) is 0 Å². The molecular weight excluding hydrogens is 566 g/mol. The molecule has 0 aromatic carbocycles. The van der Waals surface area contributed by atoms with Gasteiger partial charge in [0, 0.05) is 0 Å². The Morgan fingerprint density at radius 3 is 2.08 bits per heavy atom. The van der Waals surface area contributed by atoms with E-state index in [1.54, 1.807) is 0 Å². The summed E-state index contributed by atoms with van der Waals surface area (Å²) in [4.78, 5) is 0. The highest BCUT2D eigenvalue weighted by Crippen LogP contribution is 2.68. The van der Waals surface area contributed by atoms with Crippen LogP contribution in [0.25, 0.3) is 0 Å². The van der Waals surface area contributed by atoms with Gasteiger partial charge in [0.25, 0.3) is 0 Å². The Bertz CT molecular complexity index is 831. The SMILES string of the molecule is CC(C)CCC[C@@H](C)[C@H]1CC[C@H]2[C@@H]3CC(C[N+](CCO)(CCO)CCO)=C4C[C@@H](O)CC[C@]4(C)[C@H]3CC[C@]12C.[Br-]. The van der Waals surface area contributed by atoms with Crippen molar-refractivity contribution in [3.8, 4) is 0 Å². The van der Waals surface area contributed by atoms with Crippen LogP contribution in [0, 0.1) is 46.3 Å². The van der Waals surface area contributed by atoms with E-state index < -0.39 is 0 Å². The number of aliphatic hydroxyl groups is 4. The van der Waals surface area contributed by atoms with Crippen molar-refractivity contribution in [3.05, 3.63) is 11.1 Å². The quantitative estimate of drug-likeness (QED) is 0.187. The number of aliphatic hydroxyl groups excluding tert-OH is 4. The first-order chi connectivity index (χ1) is 18.5. The monoisotopic (exact) mass is 627 g/mol. The Kier molecular flexibility index (Phi) is 12.3. The first-order valence-corrected chi connectivity index (χ1v) is 16.6. The van der Waals surface area contributed by atoms with Gasteiger partial charge in [-0.05, 0) is 103 Å². The third kappa shape index (κ3) is 6.73. The van der Waals surface area contributed by atoms with Gasteiger partial charge in [-0.2, -0.15) is 0 Å². The summed E-state index contributed by atoms with van der Waals surface area (Å²) in [6.45, 7) is 15.1. The van der Waals surface area contributed by atoms with Gasteiger partial charge in [0.2, 0.25) is 0 Å². The third-order valence-corrected chi connectivity index (χ3v) is 12.7. The van der Waals surface area contributed by atoms with E-state index in [4.69, 9.17) is 0 Å². The minimum absolute atomic E-state index is 0. The molecule has 4 rings (SSSR count). The summed E-state index contributed by atoms with van der Waals surface area (Å²) in [6, 6.07) is 0. The molecule has 0 saturated heterocycles. The average molecular weight is 629 g/mol. The standard InChI is InChI=1S/C34H62NO4.BrH/c1-24(2)7-6-8-25(3)29-9-10-30-28-21-26(23-35(15-18-36,16-19-37)17-20-38)32-22-27(39)11-13-34(32,5)31(28)12-14-33(29,30)4;/h24-25,27-31,36-39H,6-23H2,1-5H3;1H/q+1;/p-1/t25-,27+,28+,29-,30+,31+,33-,34-;/m1./s1. The molecule has 0 heterocycles. The molecule has 3 saturated carbocycles. The summed E-state index contributed by atoms with van der Waals surface area (Å²) in [5.74, 6) is 4.59. The lowest BCUT2D eigenvalue weighted by Gasteiger charge is -2.60. The minimum Gasteiger partial charge on any atom is -1.00 e. The molecule has 4 aliphatic carbocycles. The van der Waals surface area contributed by atoms with Gasteiger partial charge >= 0.3 is 0 Å². The fourth-order valence-electron chi connectivity index (χ4n) is 10.7. The summed E-state index contributed by atoms with van der Waals surface area (Å²) in [5, 5.41) is 40.8. The van der Waals surface area contributed by atoms with E-state index in [0.717, 1.165) is 55.9 Å². The predicted octanol–water partition coefficient (Wildman–Crippen LogP) is 2.56. The highest BCUT2D eigenvalue weighted by atomic mass is 79.9. The van der Waals surface area contributed by atoms with Crippen LogP contribution < -0.4 is 17.0 Å². The molecule has 4 aliphatic rings. The van der Waals surface area contributed by atoms with E-state index in [2.05, 4.69) is 34.6 Å². The molecule has 3 fully saturated rings. The molecule has 40 heavy (non-hydrogen) atoms. The van der Waals surface area contributed by atoms with Crippen molar-refractivity contribution in [3.63, 3.8) is 0 Å². The summed E-state index contributed by atoms with van der Waals surface area (Å²) in [5.41, 5.74) is 3.57. The zero-order valence-electron chi connectivity index (χ0n) is 26.4.